The Kier molecular flexibility index (Phi) is 6.24. The van der Waals surface area contributed by atoms with Crippen LogP contribution in [-0.2, 0) is 4.79 Å². The number of hydrogen-bond donors (Lipinski definition) is 2. The van der Waals surface area contributed by atoms with E-state index in [4.69, 9.17) is 0 Å². The molecule has 1 saturated heterocycles. The van der Waals surface area contributed by atoms with Crippen LogP contribution in [0.15, 0.2) is 24.3 Å². The lowest BCUT2D eigenvalue weighted by Gasteiger charge is -2.22. The normalized spacial score (nSPS) is 20.0. The molecule has 1 aromatic rings. The van der Waals surface area contributed by atoms with Crippen molar-refractivity contribution in [2.24, 2.45) is 5.92 Å². The van der Waals surface area contributed by atoms with Crippen LogP contribution in [0.1, 0.15) is 57.4 Å². The van der Waals surface area contributed by atoms with Gasteiger partial charge in [0.1, 0.15) is 0 Å². The van der Waals surface area contributed by atoms with Crippen molar-refractivity contribution in [3.8, 4) is 0 Å². The number of nitrogens with one attached hydrogen (secondary N) is 2. The first-order valence-electron chi connectivity index (χ1n) is 8.29. The number of benzene rings is 1. The highest BCUT2D eigenvalue weighted by Gasteiger charge is 2.14. The Balaban J connectivity index is 1.76. The molecule has 1 fully saturated rings. The van der Waals surface area contributed by atoms with Crippen LogP contribution in [0.5, 0.6) is 0 Å². The highest BCUT2D eigenvalue weighted by Crippen LogP contribution is 2.21. The topological polar surface area (TPSA) is 41.1 Å². The van der Waals surface area contributed by atoms with Crippen LogP contribution in [0.4, 0.5) is 5.69 Å². The van der Waals surface area contributed by atoms with Crippen LogP contribution in [0.2, 0.25) is 0 Å². The quantitative estimate of drug-likeness (QED) is 0.833. The second-order valence-corrected chi connectivity index (χ2v) is 6.23. The molecule has 0 aromatic heterocycles. The van der Waals surface area contributed by atoms with E-state index in [1.807, 2.05) is 12.1 Å². The summed E-state index contributed by atoms with van der Waals surface area (Å²) in [5, 5.41) is 6.41. The third-order valence-electron chi connectivity index (χ3n) is 4.55. The van der Waals surface area contributed by atoms with Gasteiger partial charge < -0.3 is 10.6 Å². The van der Waals surface area contributed by atoms with Gasteiger partial charge in [0.2, 0.25) is 5.91 Å². The SMILES string of the molecule is CCC(C)c1ccc(NC(=O)CCC2CCCNC2)cc1. The molecule has 116 valence electrons. The van der Waals surface area contributed by atoms with Crippen molar-refractivity contribution >= 4 is 11.6 Å². The Morgan fingerprint density at radius 2 is 2.14 bits per heavy atom. The summed E-state index contributed by atoms with van der Waals surface area (Å²) in [7, 11) is 0. The second-order valence-electron chi connectivity index (χ2n) is 6.23. The molecule has 0 aliphatic carbocycles. The van der Waals surface area contributed by atoms with Crippen LogP contribution < -0.4 is 10.6 Å². The molecular weight excluding hydrogens is 260 g/mol. The minimum atomic E-state index is 0.136. The summed E-state index contributed by atoms with van der Waals surface area (Å²) in [5.41, 5.74) is 2.25. The molecule has 3 heteroatoms. The van der Waals surface area contributed by atoms with E-state index < -0.39 is 0 Å². The fraction of sp³-hybridized carbons (Fsp3) is 0.611. The zero-order valence-corrected chi connectivity index (χ0v) is 13.3. The first kappa shape index (κ1) is 16.0. The van der Waals surface area contributed by atoms with E-state index in [9.17, 15) is 4.79 Å². The average molecular weight is 288 g/mol. The first-order valence-corrected chi connectivity index (χ1v) is 8.29. The Bertz CT molecular complexity index is 435. The molecule has 0 radical (unpaired) electrons. The van der Waals surface area contributed by atoms with Gasteiger partial charge in [-0.25, -0.2) is 0 Å². The number of rotatable bonds is 6. The van der Waals surface area contributed by atoms with Crippen molar-refractivity contribution in [1.29, 1.82) is 0 Å². The maximum atomic E-state index is 12.0. The predicted octanol–water partition coefficient (Wildman–Crippen LogP) is 3.92. The lowest BCUT2D eigenvalue weighted by Crippen LogP contribution is -2.30. The predicted molar refractivity (Wildman–Crippen MR) is 88.6 cm³/mol. The molecule has 1 aliphatic rings. The van der Waals surface area contributed by atoms with E-state index in [1.54, 1.807) is 0 Å². The van der Waals surface area contributed by atoms with E-state index in [0.29, 0.717) is 18.3 Å². The minimum absolute atomic E-state index is 0.136. The van der Waals surface area contributed by atoms with Crippen LogP contribution in [-0.4, -0.2) is 19.0 Å². The molecule has 3 nitrogen and oxygen atoms in total. The molecule has 2 rings (SSSR count). The van der Waals surface area contributed by atoms with E-state index in [2.05, 4.69) is 36.6 Å². The smallest absolute Gasteiger partial charge is 0.224 e. The fourth-order valence-electron chi connectivity index (χ4n) is 2.86. The van der Waals surface area contributed by atoms with Gasteiger partial charge in [-0.2, -0.15) is 0 Å². The van der Waals surface area contributed by atoms with Gasteiger partial charge in [0, 0.05) is 12.1 Å². The summed E-state index contributed by atoms with van der Waals surface area (Å²) < 4.78 is 0. The third kappa shape index (κ3) is 5.16. The molecular formula is C18H28N2O. The molecule has 1 aliphatic heterocycles. The van der Waals surface area contributed by atoms with Gasteiger partial charge in [0.05, 0.1) is 0 Å². The number of carbonyl (C=O) groups is 1. The maximum absolute atomic E-state index is 12.0. The fourth-order valence-corrected chi connectivity index (χ4v) is 2.86. The molecule has 2 N–H and O–H groups in total. The molecule has 0 spiro atoms. The molecule has 21 heavy (non-hydrogen) atoms. The summed E-state index contributed by atoms with van der Waals surface area (Å²) in [4.78, 5) is 12.0. The van der Waals surface area contributed by atoms with Crippen LogP contribution in [0, 0.1) is 5.92 Å². The molecule has 1 aromatic carbocycles. The largest absolute Gasteiger partial charge is 0.326 e. The standard InChI is InChI=1S/C18H28N2O/c1-3-14(2)16-7-9-17(10-8-16)20-18(21)11-6-15-5-4-12-19-13-15/h7-10,14-15,19H,3-6,11-13H2,1-2H3,(H,20,21). The van der Waals surface area contributed by atoms with Gasteiger partial charge in [-0.15, -0.1) is 0 Å². The summed E-state index contributed by atoms with van der Waals surface area (Å²) in [5.74, 6) is 1.38. The van der Waals surface area contributed by atoms with Crippen molar-refractivity contribution in [2.45, 2.75) is 51.9 Å². The van der Waals surface area contributed by atoms with Gasteiger partial charge in [-0.05, 0) is 68.3 Å². The van der Waals surface area contributed by atoms with E-state index in [-0.39, 0.29) is 5.91 Å². The molecule has 1 amide bonds. The van der Waals surface area contributed by atoms with E-state index in [1.165, 1.54) is 18.4 Å². The highest BCUT2D eigenvalue weighted by molar-refractivity contribution is 5.90. The van der Waals surface area contributed by atoms with Crippen molar-refractivity contribution < 1.29 is 4.79 Å². The highest BCUT2D eigenvalue weighted by atomic mass is 16.1. The Labute approximate surface area is 128 Å². The lowest BCUT2D eigenvalue weighted by atomic mass is 9.94. The van der Waals surface area contributed by atoms with Crippen molar-refractivity contribution in [2.75, 3.05) is 18.4 Å². The Hall–Kier alpha value is -1.35. The maximum Gasteiger partial charge on any atom is 0.224 e. The van der Waals surface area contributed by atoms with Gasteiger partial charge in [0.15, 0.2) is 0 Å². The van der Waals surface area contributed by atoms with Gasteiger partial charge in [-0.1, -0.05) is 26.0 Å². The summed E-state index contributed by atoms with van der Waals surface area (Å²) >= 11 is 0. The number of piperidine rings is 1. The summed E-state index contributed by atoms with van der Waals surface area (Å²) in [6.45, 7) is 6.62. The molecule has 0 saturated carbocycles. The minimum Gasteiger partial charge on any atom is -0.326 e. The van der Waals surface area contributed by atoms with E-state index in [0.717, 1.165) is 31.6 Å². The second kappa shape index (κ2) is 8.18. The monoisotopic (exact) mass is 288 g/mol. The number of hydrogen-bond acceptors (Lipinski definition) is 2. The number of amides is 1. The van der Waals surface area contributed by atoms with E-state index >= 15 is 0 Å². The first-order chi connectivity index (χ1) is 10.2. The molecule has 0 bridgehead atoms. The van der Waals surface area contributed by atoms with Crippen molar-refractivity contribution in [1.82, 2.24) is 5.32 Å². The zero-order valence-electron chi connectivity index (χ0n) is 13.3. The van der Waals surface area contributed by atoms with Gasteiger partial charge in [-0.3, -0.25) is 4.79 Å². The number of carbonyl (C=O) groups excluding carboxylic acids is 1. The van der Waals surface area contributed by atoms with Crippen molar-refractivity contribution in [3.05, 3.63) is 29.8 Å². The molecule has 2 atom stereocenters. The average Bonchev–Trinajstić information content (AvgIpc) is 2.54. The third-order valence-corrected chi connectivity index (χ3v) is 4.55. The Morgan fingerprint density at radius 1 is 1.38 bits per heavy atom. The summed E-state index contributed by atoms with van der Waals surface area (Å²) in [6.07, 6.45) is 5.25. The van der Waals surface area contributed by atoms with Gasteiger partial charge >= 0.3 is 0 Å². The molecule has 2 unspecified atom stereocenters. The number of anilines is 1. The zero-order chi connectivity index (χ0) is 15.1. The Morgan fingerprint density at radius 3 is 2.76 bits per heavy atom. The van der Waals surface area contributed by atoms with Crippen molar-refractivity contribution in [3.63, 3.8) is 0 Å². The summed E-state index contributed by atoms with van der Waals surface area (Å²) in [6, 6.07) is 8.27. The van der Waals surface area contributed by atoms with Crippen LogP contribution in [0.25, 0.3) is 0 Å². The van der Waals surface area contributed by atoms with Crippen LogP contribution in [0.3, 0.4) is 0 Å². The lowest BCUT2D eigenvalue weighted by molar-refractivity contribution is -0.116. The van der Waals surface area contributed by atoms with Crippen LogP contribution >= 0.6 is 0 Å². The van der Waals surface area contributed by atoms with Gasteiger partial charge in [0.25, 0.3) is 0 Å². The molecule has 1 heterocycles.